The summed E-state index contributed by atoms with van der Waals surface area (Å²) in [5.41, 5.74) is 1.03. The highest BCUT2D eigenvalue weighted by atomic mass is 32.2. The van der Waals surface area contributed by atoms with E-state index in [4.69, 9.17) is 0 Å². The molecule has 2 aromatic carbocycles. The molecule has 0 aliphatic carbocycles. The number of benzene rings is 2. The summed E-state index contributed by atoms with van der Waals surface area (Å²) >= 11 is 0. The molecule has 0 saturated heterocycles. The number of Topliss-reactive ketones (excluding diaryl/α,β-unsaturated/α-hetero) is 1. The first-order chi connectivity index (χ1) is 11.4. The van der Waals surface area contributed by atoms with Crippen LogP contribution in [0.5, 0.6) is 0 Å². The van der Waals surface area contributed by atoms with Gasteiger partial charge in [0.15, 0.2) is 0 Å². The summed E-state index contributed by atoms with van der Waals surface area (Å²) in [4.78, 5) is 23.8. The number of hydrogen-bond acceptors (Lipinski definition) is 5. The van der Waals surface area contributed by atoms with Gasteiger partial charge in [-0.1, -0.05) is 24.3 Å². The number of methoxy groups -OCH3 is 1. The third kappa shape index (κ3) is 2.81. The van der Waals surface area contributed by atoms with E-state index in [9.17, 15) is 18.0 Å². The third-order valence-electron chi connectivity index (χ3n) is 3.55. The Labute approximate surface area is 138 Å². The maximum atomic E-state index is 12.5. The number of rotatable bonds is 2. The third-order valence-corrected chi connectivity index (χ3v) is 4.98. The molecule has 0 spiro atoms. The molecule has 1 N–H and O–H groups in total. The van der Waals surface area contributed by atoms with Gasteiger partial charge in [-0.2, -0.15) is 0 Å². The molecule has 0 unspecified atom stereocenters. The number of allylic oxidation sites excluding steroid dienone is 1. The van der Waals surface area contributed by atoms with Crippen molar-refractivity contribution in [1.82, 2.24) is 4.72 Å². The summed E-state index contributed by atoms with van der Waals surface area (Å²) in [5.74, 6) is -0.880. The van der Waals surface area contributed by atoms with Gasteiger partial charge in [0, 0.05) is 5.56 Å². The highest BCUT2D eigenvalue weighted by Crippen LogP contribution is 2.25. The largest absolute Gasteiger partial charge is 0.465 e. The zero-order valence-electron chi connectivity index (χ0n) is 12.6. The van der Waals surface area contributed by atoms with E-state index >= 15 is 0 Å². The van der Waals surface area contributed by atoms with E-state index in [-0.39, 0.29) is 16.2 Å². The number of sulfonamides is 1. The molecule has 2 aromatic rings. The van der Waals surface area contributed by atoms with Gasteiger partial charge in [0.2, 0.25) is 5.78 Å². The number of hydrogen-bond donors (Lipinski definition) is 1. The number of ketones is 1. The van der Waals surface area contributed by atoms with Crippen molar-refractivity contribution in [2.24, 2.45) is 0 Å². The normalized spacial score (nSPS) is 17.0. The quantitative estimate of drug-likeness (QED) is 0.665. The van der Waals surface area contributed by atoms with E-state index in [1.807, 2.05) is 0 Å². The number of carbonyl (C=O) groups excluding carboxylic acids is 2. The number of fused-ring (bicyclic) bond motifs is 1. The zero-order valence-corrected chi connectivity index (χ0v) is 13.5. The van der Waals surface area contributed by atoms with Gasteiger partial charge < -0.3 is 4.74 Å². The van der Waals surface area contributed by atoms with Crippen LogP contribution in [0.4, 0.5) is 0 Å². The van der Waals surface area contributed by atoms with Crippen LogP contribution < -0.4 is 4.72 Å². The Hall–Kier alpha value is -2.93. The predicted molar refractivity (Wildman–Crippen MR) is 86.9 cm³/mol. The highest BCUT2D eigenvalue weighted by Gasteiger charge is 2.31. The van der Waals surface area contributed by atoms with E-state index in [1.54, 1.807) is 24.3 Å². The Morgan fingerprint density at radius 3 is 2.42 bits per heavy atom. The Morgan fingerprint density at radius 1 is 1.08 bits per heavy atom. The first kappa shape index (κ1) is 15.9. The standard InChI is InChI=1S/C17H13NO5S/c1-23-17(20)12-8-6-11(7-9-12)10-14-16(19)13-4-2-3-5-15(13)24(21,22)18-14/h2-10,18H,1H3. The first-order valence-corrected chi connectivity index (χ1v) is 8.47. The molecule has 0 amide bonds. The minimum Gasteiger partial charge on any atom is -0.465 e. The molecule has 3 rings (SSSR count). The van der Waals surface area contributed by atoms with E-state index < -0.39 is 21.8 Å². The van der Waals surface area contributed by atoms with Gasteiger partial charge in [0.1, 0.15) is 0 Å². The maximum absolute atomic E-state index is 12.5. The topological polar surface area (TPSA) is 89.5 Å². The first-order valence-electron chi connectivity index (χ1n) is 6.99. The molecule has 1 aliphatic heterocycles. The lowest BCUT2D eigenvalue weighted by Gasteiger charge is -2.19. The summed E-state index contributed by atoms with van der Waals surface area (Å²) in [5, 5.41) is 0. The summed E-state index contributed by atoms with van der Waals surface area (Å²) in [6.45, 7) is 0. The van der Waals surface area contributed by atoms with Crippen LogP contribution in [0.2, 0.25) is 0 Å². The maximum Gasteiger partial charge on any atom is 0.337 e. The highest BCUT2D eigenvalue weighted by molar-refractivity contribution is 7.90. The second-order valence-corrected chi connectivity index (χ2v) is 6.75. The van der Waals surface area contributed by atoms with Crippen LogP contribution in [0.1, 0.15) is 26.3 Å². The molecule has 7 heteroatoms. The molecule has 1 aliphatic rings. The van der Waals surface area contributed by atoms with Gasteiger partial charge in [0.25, 0.3) is 10.0 Å². The Balaban J connectivity index is 2.00. The van der Waals surface area contributed by atoms with Gasteiger partial charge in [-0.05, 0) is 35.9 Å². The van der Waals surface area contributed by atoms with Crippen molar-refractivity contribution in [2.45, 2.75) is 4.90 Å². The molecular weight excluding hydrogens is 330 g/mol. The molecule has 6 nitrogen and oxygen atoms in total. The average molecular weight is 343 g/mol. The molecule has 1 heterocycles. The number of ether oxygens (including phenoxy) is 1. The lowest BCUT2D eigenvalue weighted by Crippen LogP contribution is -2.34. The lowest BCUT2D eigenvalue weighted by molar-refractivity contribution is 0.0600. The van der Waals surface area contributed by atoms with Crippen molar-refractivity contribution < 1.29 is 22.7 Å². The number of nitrogens with one attached hydrogen (secondary N) is 1. The lowest BCUT2D eigenvalue weighted by atomic mass is 10.1. The fourth-order valence-electron chi connectivity index (χ4n) is 2.37. The minimum absolute atomic E-state index is 0.0341. The van der Waals surface area contributed by atoms with E-state index in [1.165, 1.54) is 37.5 Å². The molecule has 24 heavy (non-hydrogen) atoms. The average Bonchev–Trinajstić information content (AvgIpc) is 2.59. The Morgan fingerprint density at radius 2 is 1.75 bits per heavy atom. The van der Waals surface area contributed by atoms with Crippen LogP contribution in [0, 0.1) is 0 Å². The summed E-state index contributed by atoms with van der Waals surface area (Å²) in [6.07, 6.45) is 1.43. The van der Waals surface area contributed by atoms with Crippen molar-refractivity contribution in [3.8, 4) is 0 Å². The summed E-state index contributed by atoms with van der Waals surface area (Å²) < 4.78 is 31.4. The Bertz CT molecular complexity index is 959. The van der Waals surface area contributed by atoms with E-state index in [2.05, 4.69) is 9.46 Å². The van der Waals surface area contributed by atoms with Gasteiger partial charge >= 0.3 is 5.97 Å². The SMILES string of the molecule is COC(=O)c1ccc(C=C2NS(=O)(=O)c3ccccc3C2=O)cc1. The molecule has 0 bridgehead atoms. The number of esters is 1. The van der Waals surface area contributed by atoms with Crippen LogP contribution in [-0.2, 0) is 14.8 Å². The van der Waals surface area contributed by atoms with Crippen molar-refractivity contribution >= 4 is 27.9 Å². The van der Waals surface area contributed by atoms with Gasteiger partial charge in [-0.15, -0.1) is 0 Å². The fraction of sp³-hybridized carbons (Fsp3) is 0.0588. The zero-order chi connectivity index (χ0) is 17.3. The van der Waals surface area contributed by atoms with Gasteiger partial charge in [-0.25, -0.2) is 13.2 Å². The smallest absolute Gasteiger partial charge is 0.337 e. The van der Waals surface area contributed by atoms with Crippen LogP contribution in [0.25, 0.3) is 6.08 Å². The van der Waals surface area contributed by atoms with E-state index in [0.717, 1.165) is 0 Å². The van der Waals surface area contributed by atoms with Gasteiger partial charge in [-0.3, -0.25) is 9.52 Å². The van der Waals surface area contributed by atoms with Gasteiger partial charge in [0.05, 0.1) is 23.3 Å². The second kappa shape index (κ2) is 5.93. The number of carbonyl (C=O) groups is 2. The summed E-state index contributed by atoms with van der Waals surface area (Å²) in [6, 6.07) is 12.3. The second-order valence-electron chi connectivity index (χ2n) is 5.10. The fourth-order valence-corrected chi connectivity index (χ4v) is 3.63. The van der Waals surface area contributed by atoms with Crippen molar-refractivity contribution in [3.63, 3.8) is 0 Å². The minimum atomic E-state index is -3.78. The Kier molecular flexibility index (Phi) is 3.94. The predicted octanol–water partition coefficient (Wildman–Crippen LogP) is 1.99. The van der Waals surface area contributed by atoms with Crippen LogP contribution in [0.15, 0.2) is 59.1 Å². The van der Waals surface area contributed by atoms with Crippen LogP contribution in [0.3, 0.4) is 0 Å². The van der Waals surface area contributed by atoms with E-state index in [0.29, 0.717) is 11.1 Å². The molecule has 0 aromatic heterocycles. The van der Waals surface area contributed by atoms with Crippen molar-refractivity contribution in [2.75, 3.05) is 7.11 Å². The molecule has 0 radical (unpaired) electrons. The molecular formula is C17H13NO5S. The molecule has 0 fully saturated rings. The summed E-state index contributed by atoms with van der Waals surface area (Å²) in [7, 11) is -2.50. The van der Waals surface area contributed by atoms with Crippen molar-refractivity contribution in [1.29, 1.82) is 0 Å². The van der Waals surface area contributed by atoms with Crippen molar-refractivity contribution in [3.05, 3.63) is 70.9 Å². The van der Waals surface area contributed by atoms with Crippen LogP contribution >= 0.6 is 0 Å². The monoisotopic (exact) mass is 343 g/mol. The molecule has 0 saturated carbocycles. The molecule has 122 valence electrons. The molecule has 0 atom stereocenters. The van der Waals surface area contributed by atoms with Crippen LogP contribution in [-0.4, -0.2) is 27.3 Å².